The van der Waals surface area contributed by atoms with Gasteiger partial charge in [-0.3, -0.25) is 14.4 Å². The molecule has 1 unspecified atom stereocenters. The van der Waals surface area contributed by atoms with Crippen molar-refractivity contribution in [3.8, 4) is 0 Å². The number of unbranched alkanes of at least 4 members (excludes halogenated alkanes) is 24. The van der Waals surface area contributed by atoms with Gasteiger partial charge in [0.15, 0.2) is 6.10 Å². The number of esters is 3. The zero-order valence-corrected chi connectivity index (χ0v) is 37.6. The van der Waals surface area contributed by atoms with Crippen LogP contribution in [0.15, 0.2) is 48.6 Å². The smallest absolute Gasteiger partial charge is 0.306 e. The second-order valence-electron chi connectivity index (χ2n) is 16.0. The van der Waals surface area contributed by atoms with Gasteiger partial charge in [0.1, 0.15) is 13.2 Å². The van der Waals surface area contributed by atoms with Gasteiger partial charge in [-0.15, -0.1) is 0 Å². The molecule has 0 saturated carbocycles. The second kappa shape index (κ2) is 46.1. The Bertz CT molecular complexity index is 1010. The molecule has 0 saturated heterocycles. The maximum Gasteiger partial charge on any atom is 0.306 e. The molecule has 0 aliphatic rings. The van der Waals surface area contributed by atoms with E-state index in [0.717, 1.165) is 96.3 Å². The summed E-state index contributed by atoms with van der Waals surface area (Å²) >= 11 is 0. The molecular weight excluding hydrogens is 709 g/mol. The standard InChI is InChI=1S/C51H90O6/c1-4-7-10-13-16-19-22-25-26-27-30-32-35-38-41-44-50(53)56-47-48(57-51(54)45-42-39-36-33-29-24-21-18-15-12-9-6-3)46-55-49(52)43-40-37-34-31-28-23-20-17-14-11-8-5-2/h16-21,25-26,48H,4-15,22-24,27-47H2,1-3H3/b19-16-,20-17-,21-18-,26-25-. The largest absolute Gasteiger partial charge is 0.462 e. The van der Waals surface area contributed by atoms with Crippen LogP contribution in [-0.4, -0.2) is 37.2 Å². The lowest BCUT2D eigenvalue weighted by Crippen LogP contribution is -2.30. The van der Waals surface area contributed by atoms with Crippen molar-refractivity contribution >= 4 is 17.9 Å². The monoisotopic (exact) mass is 799 g/mol. The fraction of sp³-hybridized carbons (Fsp3) is 0.784. The molecule has 0 aromatic rings. The lowest BCUT2D eigenvalue weighted by atomic mass is 10.1. The molecule has 0 heterocycles. The van der Waals surface area contributed by atoms with Crippen molar-refractivity contribution in [3.05, 3.63) is 48.6 Å². The Morgan fingerprint density at radius 1 is 0.351 bits per heavy atom. The minimum atomic E-state index is -0.783. The first-order valence-electron chi connectivity index (χ1n) is 24.1. The van der Waals surface area contributed by atoms with Gasteiger partial charge < -0.3 is 14.2 Å². The van der Waals surface area contributed by atoms with Crippen molar-refractivity contribution in [2.24, 2.45) is 0 Å². The minimum Gasteiger partial charge on any atom is -0.462 e. The van der Waals surface area contributed by atoms with Gasteiger partial charge in [0.05, 0.1) is 0 Å². The fourth-order valence-corrected chi connectivity index (χ4v) is 6.58. The van der Waals surface area contributed by atoms with Crippen LogP contribution in [0, 0.1) is 0 Å². The summed E-state index contributed by atoms with van der Waals surface area (Å²) in [5.41, 5.74) is 0. The molecule has 0 aliphatic carbocycles. The number of rotatable bonds is 43. The molecule has 0 spiro atoms. The molecule has 0 amide bonds. The predicted molar refractivity (Wildman–Crippen MR) is 242 cm³/mol. The lowest BCUT2D eigenvalue weighted by molar-refractivity contribution is -0.167. The van der Waals surface area contributed by atoms with E-state index < -0.39 is 6.10 Å². The third-order valence-electron chi connectivity index (χ3n) is 10.3. The van der Waals surface area contributed by atoms with Gasteiger partial charge in [0.25, 0.3) is 0 Å². The van der Waals surface area contributed by atoms with Crippen LogP contribution in [0.25, 0.3) is 0 Å². The van der Waals surface area contributed by atoms with E-state index in [2.05, 4.69) is 69.4 Å². The molecule has 0 N–H and O–H groups in total. The van der Waals surface area contributed by atoms with Gasteiger partial charge >= 0.3 is 17.9 Å². The Hall–Kier alpha value is -2.63. The Kier molecular flexibility index (Phi) is 43.9. The molecular formula is C51H90O6. The lowest BCUT2D eigenvalue weighted by Gasteiger charge is -2.18. The molecule has 0 fully saturated rings. The molecule has 0 aromatic heterocycles. The molecule has 1 atom stereocenters. The third kappa shape index (κ3) is 44.3. The van der Waals surface area contributed by atoms with Crippen molar-refractivity contribution in [1.29, 1.82) is 0 Å². The third-order valence-corrected chi connectivity index (χ3v) is 10.3. The predicted octanol–water partition coefficient (Wildman–Crippen LogP) is 15.5. The van der Waals surface area contributed by atoms with Gasteiger partial charge in [-0.2, -0.15) is 0 Å². The molecule has 0 rings (SSSR count). The van der Waals surface area contributed by atoms with Gasteiger partial charge in [-0.25, -0.2) is 0 Å². The minimum absolute atomic E-state index is 0.0852. The van der Waals surface area contributed by atoms with E-state index in [-0.39, 0.29) is 31.1 Å². The average Bonchev–Trinajstić information content (AvgIpc) is 3.21. The molecule has 6 heteroatoms. The first kappa shape index (κ1) is 54.4. The van der Waals surface area contributed by atoms with Crippen LogP contribution in [0.1, 0.15) is 239 Å². The number of carbonyl (C=O) groups is 3. The Labute approximate surface area is 352 Å². The highest BCUT2D eigenvalue weighted by Crippen LogP contribution is 2.13. The van der Waals surface area contributed by atoms with Crippen LogP contribution in [0.5, 0.6) is 0 Å². The van der Waals surface area contributed by atoms with Crippen molar-refractivity contribution in [2.45, 2.75) is 245 Å². The summed E-state index contributed by atoms with van der Waals surface area (Å²) in [5, 5.41) is 0. The fourth-order valence-electron chi connectivity index (χ4n) is 6.58. The summed E-state index contributed by atoms with van der Waals surface area (Å²) in [6.07, 6.45) is 53.7. The van der Waals surface area contributed by atoms with Gasteiger partial charge in [0, 0.05) is 19.3 Å². The summed E-state index contributed by atoms with van der Waals surface area (Å²) in [5.74, 6) is -0.916. The topological polar surface area (TPSA) is 78.9 Å². The van der Waals surface area contributed by atoms with E-state index in [1.807, 2.05) is 0 Å². The van der Waals surface area contributed by atoms with E-state index >= 15 is 0 Å². The normalized spacial score (nSPS) is 12.4. The van der Waals surface area contributed by atoms with Crippen LogP contribution >= 0.6 is 0 Å². The molecule has 330 valence electrons. The summed E-state index contributed by atoms with van der Waals surface area (Å²) in [4.78, 5) is 37.8. The number of hydrogen-bond acceptors (Lipinski definition) is 6. The highest BCUT2D eigenvalue weighted by atomic mass is 16.6. The molecule has 0 aromatic carbocycles. The van der Waals surface area contributed by atoms with E-state index in [9.17, 15) is 14.4 Å². The second-order valence-corrected chi connectivity index (χ2v) is 16.0. The number of hydrogen-bond donors (Lipinski definition) is 0. The van der Waals surface area contributed by atoms with Crippen LogP contribution in [0.2, 0.25) is 0 Å². The van der Waals surface area contributed by atoms with E-state index in [4.69, 9.17) is 14.2 Å². The van der Waals surface area contributed by atoms with Crippen LogP contribution < -0.4 is 0 Å². The van der Waals surface area contributed by atoms with Crippen molar-refractivity contribution in [2.75, 3.05) is 13.2 Å². The van der Waals surface area contributed by atoms with Gasteiger partial charge in [0.2, 0.25) is 0 Å². The van der Waals surface area contributed by atoms with Crippen molar-refractivity contribution in [3.63, 3.8) is 0 Å². The van der Waals surface area contributed by atoms with Crippen molar-refractivity contribution < 1.29 is 28.6 Å². The summed E-state index contributed by atoms with van der Waals surface area (Å²) in [6.45, 7) is 6.53. The van der Waals surface area contributed by atoms with E-state index in [1.54, 1.807) is 0 Å². The summed E-state index contributed by atoms with van der Waals surface area (Å²) < 4.78 is 16.7. The highest BCUT2D eigenvalue weighted by Gasteiger charge is 2.19. The molecule has 6 nitrogen and oxygen atoms in total. The molecule has 0 aliphatic heterocycles. The SMILES string of the molecule is CCCCC/C=C\C/C=C\CCCCCCCC(=O)OCC(COC(=O)CCCCCCC/C=C\CCCCC)OC(=O)CCCCCCC/C=C\CCCCC. The zero-order chi connectivity index (χ0) is 41.5. The maximum absolute atomic E-state index is 12.7. The van der Waals surface area contributed by atoms with E-state index in [1.165, 1.54) is 103 Å². The quantitative estimate of drug-likeness (QED) is 0.0265. The molecule has 0 bridgehead atoms. The van der Waals surface area contributed by atoms with Gasteiger partial charge in [-0.05, 0) is 103 Å². The van der Waals surface area contributed by atoms with Crippen LogP contribution in [0.3, 0.4) is 0 Å². The zero-order valence-electron chi connectivity index (χ0n) is 37.6. The van der Waals surface area contributed by atoms with E-state index in [0.29, 0.717) is 19.3 Å². The first-order chi connectivity index (χ1) is 28.0. The highest BCUT2D eigenvalue weighted by molar-refractivity contribution is 5.71. The number of carbonyl (C=O) groups excluding carboxylic acids is 3. The van der Waals surface area contributed by atoms with Gasteiger partial charge in [-0.1, -0.05) is 166 Å². The average molecular weight is 799 g/mol. The Morgan fingerprint density at radius 2 is 0.632 bits per heavy atom. The summed E-state index contributed by atoms with van der Waals surface area (Å²) in [7, 11) is 0. The molecule has 57 heavy (non-hydrogen) atoms. The van der Waals surface area contributed by atoms with Crippen LogP contribution in [0.4, 0.5) is 0 Å². The summed E-state index contributed by atoms with van der Waals surface area (Å²) in [6, 6.07) is 0. The molecule has 0 radical (unpaired) electrons. The maximum atomic E-state index is 12.7. The Morgan fingerprint density at radius 3 is 0.982 bits per heavy atom. The van der Waals surface area contributed by atoms with Crippen LogP contribution in [-0.2, 0) is 28.6 Å². The number of allylic oxidation sites excluding steroid dienone is 8. The van der Waals surface area contributed by atoms with Crippen molar-refractivity contribution in [1.82, 2.24) is 0 Å². The Balaban J connectivity index is 4.41. The first-order valence-corrected chi connectivity index (χ1v) is 24.1. The number of ether oxygens (including phenoxy) is 3.